The minimum Gasteiger partial charge on any atom is -0.475 e. The first-order chi connectivity index (χ1) is 18.9. The van der Waals surface area contributed by atoms with E-state index < -0.39 is 22.2 Å². The predicted molar refractivity (Wildman–Crippen MR) is 148 cm³/mol. The van der Waals surface area contributed by atoms with Gasteiger partial charge in [0.25, 0.3) is 10.0 Å². The number of hydrogen-bond acceptors (Lipinski definition) is 8. The smallest absolute Gasteiger partial charge is 0.475 e. The number of rotatable bonds is 8. The second kappa shape index (κ2) is 12.3. The summed E-state index contributed by atoms with van der Waals surface area (Å²) in [5, 5.41) is 10.7. The number of carboxylic acid groups (broad SMARTS) is 1. The number of nitrogens with zero attached hydrogens (tertiary/aromatic N) is 3. The summed E-state index contributed by atoms with van der Waals surface area (Å²) in [6.45, 7) is 2.72. The molecule has 1 aliphatic heterocycles. The van der Waals surface area contributed by atoms with Crippen LogP contribution in [0.2, 0.25) is 0 Å². The highest BCUT2D eigenvalue weighted by atomic mass is 32.2. The number of sulfonamides is 1. The van der Waals surface area contributed by atoms with Crippen LogP contribution in [0.4, 0.5) is 18.9 Å². The van der Waals surface area contributed by atoms with Gasteiger partial charge in [0.2, 0.25) is 0 Å². The average Bonchev–Trinajstić information content (AvgIpc) is 3.71. The van der Waals surface area contributed by atoms with E-state index in [-0.39, 0.29) is 0 Å². The summed E-state index contributed by atoms with van der Waals surface area (Å²) >= 11 is 2.89. The Morgan fingerprint density at radius 3 is 2.70 bits per heavy atom. The Labute approximate surface area is 236 Å². The lowest BCUT2D eigenvalue weighted by atomic mass is 10.2. The number of carbonyl (C=O) groups is 1. The van der Waals surface area contributed by atoms with Gasteiger partial charge in [-0.05, 0) is 43.0 Å². The fraction of sp³-hybridized carbons (Fsp3) is 0.360. The Balaban J connectivity index is 0.000000470. The number of methoxy groups -OCH3 is 1. The van der Waals surface area contributed by atoms with Crippen LogP contribution in [-0.4, -0.2) is 73.9 Å². The summed E-state index contributed by atoms with van der Waals surface area (Å²) in [5.74, 6) is -2.76. The zero-order chi connectivity index (χ0) is 29.1. The van der Waals surface area contributed by atoms with Crippen molar-refractivity contribution in [3.63, 3.8) is 0 Å². The number of thiophene rings is 1. The zero-order valence-corrected chi connectivity index (χ0v) is 24.0. The number of fused-ring (bicyclic) bond motifs is 1. The van der Waals surface area contributed by atoms with Crippen molar-refractivity contribution in [2.45, 2.75) is 35.8 Å². The molecule has 15 heteroatoms. The first-order valence-corrected chi connectivity index (χ1v) is 15.2. The van der Waals surface area contributed by atoms with E-state index in [0.717, 1.165) is 41.3 Å². The summed E-state index contributed by atoms with van der Waals surface area (Å²) in [4.78, 5) is 20.7. The number of hydrogen-bond donors (Lipinski definition) is 2. The van der Waals surface area contributed by atoms with Crippen LogP contribution in [-0.2, 0) is 26.1 Å². The van der Waals surface area contributed by atoms with Gasteiger partial charge in [0, 0.05) is 43.2 Å². The molecular formula is C25H27F3N4O5S3. The summed E-state index contributed by atoms with van der Waals surface area (Å²) in [5.41, 5.74) is 2.29. The van der Waals surface area contributed by atoms with Crippen molar-refractivity contribution in [1.82, 2.24) is 14.9 Å². The normalized spacial score (nSPS) is 16.2. The summed E-state index contributed by atoms with van der Waals surface area (Å²) < 4.78 is 64.9. The zero-order valence-electron chi connectivity index (χ0n) is 21.5. The largest absolute Gasteiger partial charge is 0.490 e. The summed E-state index contributed by atoms with van der Waals surface area (Å²) in [6.07, 6.45) is -0.763. The molecule has 4 heterocycles. The van der Waals surface area contributed by atoms with Crippen molar-refractivity contribution in [3.05, 3.63) is 52.9 Å². The van der Waals surface area contributed by atoms with Crippen molar-refractivity contribution in [2.24, 2.45) is 0 Å². The number of aliphatic carboxylic acids is 1. The molecule has 0 unspecified atom stereocenters. The predicted octanol–water partition coefficient (Wildman–Crippen LogP) is 5.42. The fourth-order valence-corrected chi connectivity index (χ4v) is 7.66. The van der Waals surface area contributed by atoms with E-state index in [2.05, 4.69) is 14.9 Å². The molecule has 2 N–H and O–H groups in total. The van der Waals surface area contributed by atoms with E-state index in [4.69, 9.17) is 14.6 Å². The molecule has 1 fully saturated rings. The number of benzene rings is 1. The number of likely N-dealkylation sites (tertiary alicyclic amines) is 1. The summed E-state index contributed by atoms with van der Waals surface area (Å²) in [6, 6.07) is 11.6. The Kier molecular flexibility index (Phi) is 9.19. The van der Waals surface area contributed by atoms with Gasteiger partial charge in [-0.3, -0.25) is 9.21 Å². The Hall–Kier alpha value is -2.98. The number of H-pyrrole nitrogens is 1. The number of anilines is 1. The monoisotopic (exact) mass is 616 g/mol. The topological polar surface area (TPSA) is 116 Å². The maximum atomic E-state index is 13.1. The standard InChI is InChI=1S/C23H26N4O3S3.C2HF3O2/c1-26(33(28,29)21-9-5-11-31-21)20-8-3-6-16-12-19(25-22(16)20)23-24-13-18(32-23)14-27-10-4-7-17(27)15-30-2;3-2(4,5)1(6)7/h3,5-6,8-9,11-13,17,25H,4,7,10,14-15H2,1-2H3;(H,6,7)/t17-;/m0./s1. The van der Waals surface area contributed by atoms with Crippen LogP contribution < -0.4 is 4.31 Å². The number of aromatic nitrogens is 2. The van der Waals surface area contributed by atoms with Crippen LogP contribution in [0.15, 0.2) is 52.2 Å². The van der Waals surface area contributed by atoms with Gasteiger partial charge in [-0.1, -0.05) is 18.2 Å². The number of aromatic amines is 1. The van der Waals surface area contributed by atoms with E-state index in [1.165, 1.54) is 33.4 Å². The third-order valence-electron chi connectivity index (χ3n) is 6.33. The first-order valence-electron chi connectivity index (χ1n) is 12.0. The third-order valence-corrected chi connectivity index (χ3v) is 10.5. The number of nitrogens with one attached hydrogen (secondary N) is 1. The Morgan fingerprint density at radius 2 is 2.05 bits per heavy atom. The molecule has 9 nitrogen and oxygen atoms in total. The molecule has 216 valence electrons. The van der Waals surface area contributed by atoms with Gasteiger partial charge in [-0.2, -0.15) is 13.2 Å². The number of thiazole rings is 1. The molecule has 1 atom stereocenters. The molecule has 5 rings (SSSR count). The van der Waals surface area contributed by atoms with Gasteiger partial charge in [-0.25, -0.2) is 18.2 Å². The molecule has 0 amide bonds. The third kappa shape index (κ3) is 6.66. The molecule has 0 saturated carbocycles. The maximum Gasteiger partial charge on any atom is 0.490 e. The highest BCUT2D eigenvalue weighted by Gasteiger charge is 2.38. The molecule has 4 aromatic rings. The van der Waals surface area contributed by atoms with Crippen LogP contribution in [0.5, 0.6) is 0 Å². The van der Waals surface area contributed by atoms with Crippen LogP contribution in [0.25, 0.3) is 21.6 Å². The van der Waals surface area contributed by atoms with Crippen LogP contribution >= 0.6 is 22.7 Å². The van der Waals surface area contributed by atoms with Crippen LogP contribution in [0.1, 0.15) is 17.7 Å². The lowest BCUT2D eigenvalue weighted by molar-refractivity contribution is -0.192. The van der Waals surface area contributed by atoms with Gasteiger partial charge in [0.15, 0.2) is 0 Å². The quantitative estimate of drug-likeness (QED) is 0.272. The molecule has 0 radical (unpaired) electrons. The lowest BCUT2D eigenvalue weighted by Crippen LogP contribution is -2.32. The van der Waals surface area contributed by atoms with Gasteiger partial charge in [-0.15, -0.1) is 22.7 Å². The Morgan fingerprint density at radius 1 is 1.30 bits per heavy atom. The average molecular weight is 617 g/mol. The number of halogens is 3. The van der Waals surface area contributed by atoms with E-state index >= 15 is 0 Å². The first kappa shape index (κ1) is 30.0. The van der Waals surface area contributed by atoms with Gasteiger partial charge in [0.1, 0.15) is 9.22 Å². The highest BCUT2D eigenvalue weighted by molar-refractivity contribution is 7.94. The van der Waals surface area contributed by atoms with Crippen molar-refractivity contribution in [1.29, 1.82) is 0 Å². The molecule has 40 heavy (non-hydrogen) atoms. The van der Waals surface area contributed by atoms with Crippen LogP contribution in [0, 0.1) is 0 Å². The molecule has 0 spiro atoms. The molecule has 3 aromatic heterocycles. The van der Waals surface area contributed by atoms with Gasteiger partial charge < -0.3 is 14.8 Å². The van der Waals surface area contributed by atoms with Crippen molar-refractivity contribution in [2.75, 3.05) is 31.6 Å². The molecular weight excluding hydrogens is 589 g/mol. The molecule has 1 saturated heterocycles. The van der Waals surface area contributed by atoms with Gasteiger partial charge in [0.05, 0.1) is 23.5 Å². The second-order valence-electron chi connectivity index (χ2n) is 8.99. The Bertz CT molecular complexity index is 1550. The number of carboxylic acids is 1. The van der Waals surface area contributed by atoms with E-state index in [1.54, 1.807) is 43.0 Å². The molecule has 0 aliphatic carbocycles. The van der Waals surface area contributed by atoms with E-state index in [9.17, 15) is 21.6 Å². The number of para-hydroxylation sites is 1. The van der Waals surface area contributed by atoms with Crippen molar-refractivity contribution in [3.8, 4) is 10.7 Å². The van der Waals surface area contributed by atoms with Gasteiger partial charge >= 0.3 is 12.1 Å². The number of ether oxygens (including phenoxy) is 1. The second-order valence-corrected chi connectivity index (χ2v) is 13.2. The molecule has 1 aliphatic rings. The van der Waals surface area contributed by atoms with Crippen LogP contribution in [0.3, 0.4) is 0 Å². The number of alkyl halides is 3. The van der Waals surface area contributed by atoms with Crippen molar-refractivity contribution >= 4 is 55.3 Å². The fourth-order valence-electron chi connectivity index (χ4n) is 4.38. The summed E-state index contributed by atoms with van der Waals surface area (Å²) in [7, 11) is -0.258. The SMILES string of the molecule is COC[C@@H]1CCCN1Cc1cnc(-c2cc3cccc(N(C)S(=O)(=O)c4cccs4)c3[nH]2)s1.O=C(O)C(F)(F)F. The maximum absolute atomic E-state index is 13.1. The van der Waals surface area contributed by atoms with Crippen molar-refractivity contribution < 1.29 is 36.2 Å². The highest BCUT2D eigenvalue weighted by Crippen LogP contribution is 2.35. The molecule has 1 aromatic carbocycles. The minimum absolute atomic E-state index is 0.326. The lowest BCUT2D eigenvalue weighted by Gasteiger charge is -2.22. The molecule has 0 bridgehead atoms. The van der Waals surface area contributed by atoms with E-state index in [1.807, 2.05) is 30.5 Å². The minimum atomic E-state index is -5.08. The van der Waals surface area contributed by atoms with E-state index in [0.29, 0.717) is 15.9 Å².